The monoisotopic (exact) mass is 483 g/mol. The van der Waals surface area contributed by atoms with Crippen molar-refractivity contribution in [3.63, 3.8) is 0 Å². The number of halogens is 1. The summed E-state index contributed by atoms with van der Waals surface area (Å²) in [6, 6.07) is 14.5. The Kier molecular flexibility index (Phi) is 8.50. The summed E-state index contributed by atoms with van der Waals surface area (Å²) in [6.45, 7) is 9.68. The van der Waals surface area contributed by atoms with E-state index in [9.17, 15) is 14.7 Å². The zero-order valence-electron chi connectivity index (χ0n) is 20.3. The molecule has 1 heterocycles. The number of carboxylic acids is 1. The molecular weight excluding hydrogens is 450 g/mol. The molecule has 34 heavy (non-hydrogen) atoms. The van der Waals surface area contributed by atoms with Gasteiger partial charge in [0.25, 0.3) is 0 Å². The number of aliphatic imine (C=N–C) groups is 1. The number of likely N-dealkylation sites (N-methyl/N-ethyl adjacent to an activating group) is 1. The normalized spacial score (nSPS) is 19.9. The second kappa shape index (κ2) is 11.2. The first-order chi connectivity index (χ1) is 16.2. The molecule has 1 aliphatic rings. The second-order valence-electron chi connectivity index (χ2n) is 9.35. The van der Waals surface area contributed by atoms with Crippen molar-refractivity contribution < 1.29 is 14.7 Å². The molecule has 1 saturated heterocycles. The van der Waals surface area contributed by atoms with E-state index < -0.39 is 17.6 Å². The molecule has 0 unspecified atom stereocenters. The summed E-state index contributed by atoms with van der Waals surface area (Å²) in [5, 5.41) is 13.1. The van der Waals surface area contributed by atoms with E-state index in [1.54, 1.807) is 18.2 Å². The van der Waals surface area contributed by atoms with E-state index in [2.05, 4.69) is 17.1 Å². The number of aliphatic carboxylic acids is 1. The van der Waals surface area contributed by atoms with Gasteiger partial charge in [-0.05, 0) is 57.0 Å². The van der Waals surface area contributed by atoms with Gasteiger partial charge < -0.3 is 10.4 Å². The van der Waals surface area contributed by atoms with Crippen LogP contribution in [0.3, 0.4) is 0 Å². The van der Waals surface area contributed by atoms with Crippen molar-refractivity contribution >= 4 is 34.9 Å². The van der Waals surface area contributed by atoms with Crippen molar-refractivity contribution in [1.82, 2.24) is 4.90 Å². The van der Waals surface area contributed by atoms with Crippen LogP contribution in [0.15, 0.2) is 53.5 Å². The predicted octanol–water partition coefficient (Wildman–Crippen LogP) is 5.49. The number of carbonyl (C=O) groups excluding carboxylic acids is 1. The fourth-order valence-corrected chi connectivity index (χ4v) is 4.70. The molecule has 2 atom stereocenters. The van der Waals surface area contributed by atoms with Gasteiger partial charge in [-0.2, -0.15) is 0 Å². The molecule has 1 fully saturated rings. The summed E-state index contributed by atoms with van der Waals surface area (Å²) in [5.74, 6) is -0.945. The summed E-state index contributed by atoms with van der Waals surface area (Å²) in [5.41, 5.74) is 2.15. The smallest absolute Gasteiger partial charge is 0.305 e. The highest BCUT2D eigenvalue weighted by Crippen LogP contribution is 2.32. The Morgan fingerprint density at radius 1 is 1.21 bits per heavy atom. The van der Waals surface area contributed by atoms with Gasteiger partial charge in [0.15, 0.2) is 0 Å². The molecule has 0 spiro atoms. The Morgan fingerprint density at radius 2 is 1.91 bits per heavy atom. The Morgan fingerprint density at radius 3 is 2.53 bits per heavy atom. The molecule has 182 valence electrons. The fourth-order valence-electron chi connectivity index (χ4n) is 4.53. The number of carboxylic acid groups (broad SMARTS) is 1. The first kappa shape index (κ1) is 25.9. The van der Waals surface area contributed by atoms with Gasteiger partial charge in [0.05, 0.1) is 29.4 Å². The number of amides is 1. The molecular formula is C27H34ClN3O3. The zero-order valence-corrected chi connectivity index (χ0v) is 21.1. The number of likely N-dealkylation sites (tertiary alicyclic amines) is 1. The zero-order chi connectivity index (χ0) is 24.9. The molecule has 7 heteroatoms. The SMILES string of the molecule is CCN1CCC[C@]1(C)C(=O)Nc1ccc(Cl)cc1C(=N[C@@H](CC(=O)O)C(C)C)c1ccccc1. The average molecular weight is 484 g/mol. The van der Waals surface area contributed by atoms with E-state index in [-0.39, 0.29) is 18.2 Å². The average Bonchev–Trinajstić information content (AvgIpc) is 3.20. The van der Waals surface area contributed by atoms with Gasteiger partial charge in [-0.1, -0.05) is 62.7 Å². The third-order valence-electron chi connectivity index (χ3n) is 6.64. The molecule has 0 radical (unpaired) electrons. The molecule has 0 saturated carbocycles. The third-order valence-corrected chi connectivity index (χ3v) is 6.88. The molecule has 6 nitrogen and oxygen atoms in total. The van der Waals surface area contributed by atoms with Crippen LogP contribution >= 0.6 is 11.6 Å². The van der Waals surface area contributed by atoms with Crippen molar-refractivity contribution in [1.29, 1.82) is 0 Å². The Labute approximate surface area is 207 Å². The topological polar surface area (TPSA) is 82.0 Å². The maximum absolute atomic E-state index is 13.5. The molecule has 1 aliphatic heterocycles. The molecule has 0 aromatic heterocycles. The number of nitrogens with one attached hydrogen (secondary N) is 1. The second-order valence-corrected chi connectivity index (χ2v) is 9.79. The molecule has 1 amide bonds. The first-order valence-corrected chi connectivity index (χ1v) is 12.2. The Balaban J connectivity index is 2.10. The van der Waals surface area contributed by atoms with E-state index in [0.29, 0.717) is 22.0 Å². The number of hydrogen-bond donors (Lipinski definition) is 2. The standard InChI is InChI=1S/C27H34ClN3O3/c1-5-31-15-9-14-27(31,4)26(34)30-22-13-12-20(28)16-21(22)25(19-10-7-6-8-11-19)29-23(18(2)3)17-24(32)33/h6-8,10-13,16,18,23H,5,9,14-15,17H2,1-4H3,(H,30,34)(H,32,33)/t23-,27+/m0/s1. The lowest BCUT2D eigenvalue weighted by atomic mass is 9.95. The number of hydrogen-bond acceptors (Lipinski definition) is 4. The highest BCUT2D eigenvalue weighted by Gasteiger charge is 2.42. The first-order valence-electron chi connectivity index (χ1n) is 11.9. The lowest BCUT2D eigenvalue weighted by molar-refractivity contribution is -0.137. The van der Waals surface area contributed by atoms with Crippen LogP contribution in [-0.4, -0.2) is 52.3 Å². The minimum absolute atomic E-state index is 0.0162. The highest BCUT2D eigenvalue weighted by molar-refractivity contribution is 6.31. The van der Waals surface area contributed by atoms with Gasteiger partial charge in [-0.3, -0.25) is 19.5 Å². The Hall–Kier alpha value is -2.70. The molecule has 2 aromatic rings. The number of nitrogens with zero attached hydrogens (tertiary/aromatic N) is 2. The quantitative estimate of drug-likeness (QED) is 0.462. The molecule has 2 aromatic carbocycles. The van der Waals surface area contributed by atoms with Crippen LogP contribution in [0.4, 0.5) is 5.69 Å². The number of carbonyl (C=O) groups is 2. The maximum atomic E-state index is 13.5. The number of rotatable bonds is 9. The highest BCUT2D eigenvalue weighted by atomic mass is 35.5. The van der Waals surface area contributed by atoms with Gasteiger partial charge in [0.2, 0.25) is 5.91 Å². The molecule has 2 N–H and O–H groups in total. The third kappa shape index (κ3) is 5.86. The van der Waals surface area contributed by atoms with Gasteiger partial charge in [-0.25, -0.2) is 0 Å². The minimum Gasteiger partial charge on any atom is -0.481 e. The van der Waals surface area contributed by atoms with Crippen LogP contribution in [0, 0.1) is 5.92 Å². The van der Waals surface area contributed by atoms with Crippen molar-refractivity contribution in [3.8, 4) is 0 Å². The van der Waals surface area contributed by atoms with Crippen LogP contribution in [0.25, 0.3) is 0 Å². The van der Waals surface area contributed by atoms with Crippen LogP contribution in [0.2, 0.25) is 5.02 Å². The van der Waals surface area contributed by atoms with Crippen molar-refractivity contribution in [3.05, 3.63) is 64.7 Å². The van der Waals surface area contributed by atoms with Crippen molar-refractivity contribution in [2.75, 3.05) is 18.4 Å². The minimum atomic E-state index is -0.900. The van der Waals surface area contributed by atoms with Gasteiger partial charge >= 0.3 is 5.97 Å². The van der Waals surface area contributed by atoms with Crippen LogP contribution in [-0.2, 0) is 9.59 Å². The van der Waals surface area contributed by atoms with E-state index >= 15 is 0 Å². The fraction of sp³-hybridized carbons (Fsp3) is 0.444. The van der Waals surface area contributed by atoms with Crippen molar-refractivity contribution in [2.45, 2.75) is 58.5 Å². The number of benzene rings is 2. The van der Waals surface area contributed by atoms with E-state index in [4.69, 9.17) is 16.6 Å². The largest absolute Gasteiger partial charge is 0.481 e. The van der Waals surface area contributed by atoms with Crippen molar-refractivity contribution in [2.24, 2.45) is 10.9 Å². The summed E-state index contributed by atoms with van der Waals surface area (Å²) in [4.78, 5) is 32.1. The summed E-state index contributed by atoms with van der Waals surface area (Å²) >= 11 is 6.40. The predicted molar refractivity (Wildman–Crippen MR) is 138 cm³/mol. The summed E-state index contributed by atoms with van der Waals surface area (Å²) in [6.07, 6.45) is 1.69. The van der Waals surface area contributed by atoms with E-state index in [1.165, 1.54) is 0 Å². The summed E-state index contributed by atoms with van der Waals surface area (Å²) < 4.78 is 0. The van der Waals surface area contributed by atoms with Gasteiger partial charge in [0, 0.05) is 16.1 Å². The van der Waals surface area contributed by atoms with E-state index in [1.807, 2.05) is 51.1 Å². The van der Waals surface area contributed by atoms with Gasteiger partial charge in [0.1, 0.15) is 0 Å². The lowest BCUT2D eigenvalue weighted by Gasteiger charge is -2.33. The number of anilines is 1. The maximum Gasteiger partial charge on any atom is 0.305 e. The van der Waals surface area contributed by atoms with Crippen LogP contribution < -0.4 is 5.32 Å². The molecule has 0 bridgehead atoms. The van der Waals surface area contributed by atoms with Crippen LogP contribution in [0.5, 0.6) is 0 Å². The van der Waals surface area contributed by atoms with Crippen LogP contribution in [0.1, 0.15) is 58.1 Å². The molecule has 3 rings (SSSR count). The van der Waals surface area contributed by atoms with E-state index in [0.717, 1.165) is 31.5 Å². The molecule has 0 aliphatic carbocycles. The van der Waals surface area contributed by atoms with Gasteiger partial charge in [-0.15, -0.1) is 0 Å². The Bertz CT molecular complexity index is 1050. The summed E-state index contributed by atoms with van der Waals surface area (Å²) in [7, 11) is 0. The lowest BCUT2D eigenvalue weighted by Crippen LogP contribution is -2.50.